The molecule has 0 heterocycles. The molecule has 1 unspecified atom stereocenters. The maximum Gasteiger partial charge on any atom is 0.137 e. The third-order valence-electron chi connectivity index (χ3n) is 2.38. The minimum Gasteiger partial charge on any atom is -0.495 e. The Morgan fingerprint density at radius 2 is 2.12 bits per heavy atom. The number of nitrogens with one attached hydrogen (secondary N) is 1. The van der Waals surface area contributed by atoms with E-state index in [-0.39, 0.29) is 6.10 Å². The molecule has 1 aromatic rings. The van der Waals surface area contributed by atoms with Gasteiger partial charge in [0.15, 0.2) is 0 Å². The molecule has 0 amide bonds. The van der Waals surface area contributed by atoms with Crippen LogP contribution in [-0.4, -0.2) is 26.9 Å². The largest absolute Gasteiger partial charge is 0.495 e. The lowest BCUT2D eigenvalue weighted by Crippen LogP contribution is -2.25. The van der Waals surface area contributed by atoms with Crippen molar-refractivity contribution in [3.8, 4) is 5.75 Å². The van der Waals surface area contributed by atoms with E-state index in [4.69, 9.17) is 21.1 Å². The molecule has 4 heteroatoms. The van der Waals surface area contributed by atoms with E-state index in [9.17, 15) is 0 Å². The molecular formula is C12H18ClNO2. The average Bonchev–Trinajstić information content (AvgIpc) is 2.29. The molecule has 0 radical (unpaired) electrons. The van der Waals surface area contributed by atoms with E-state index < -0.39 is 0 Å². The van der Waals surface area contributed by atoms with Gasteiger partial charge in [-0.15, -0.1) is 0 Å². The smallest absolute Gasteiger partial charge is 0.137 e. The first-order chi connectivity index (χ1) is 7.67. The van der Waals surface area contributed by atoms with E-state index in [0.717, 1.165) is 18.7 Å². The maximum absolute atomic E-state index is 6.02. The Balaban J connectivity index is 2.46. The van der Waals surface area contributed by atoms with Crippen molar-refractivity contribution in [1.82, 2.24) is 5.32 Å². The van der Waals surface area contributed by atoms with E-state index in [1.54, 1.807) is 14.2 Å². The fourth-order valence-corrected chi connectivity index (χ4v) is 1.60. The second-order valence-corrected chi connectivity index (χ2v) is 4.05. The summed E-state index contributed by atoms with van der Waals surface area (Å²) in [7, 11) is 3.32. The van der Waals surface area contributed by atoms with Crippen molar-refractivity contribution in [2.75, 3.05) is 20.8 Å². The van der Waals surface area contributed by atoms with Gasteiger partial charge in [-0.05, 0) is 24.6 Å². The quantitative estimate of drug-likeness (QED) is 0.833. The van der Waals surface area contributed by atoms with Crippen LogP contribution in [0.1, 0.15) is 12.5 Å². The monoisotopic (exact) mass is 243 g/mol. The number of ether oxygens (including phenoxy) is 2. The average molecular weight is 244 g/mol. The van der Waals surface area contributed by atoms with Crippen molar-refractivity contribution in [2.24, 2.45) is 0 Å². The van der Waals surface area contributed by atoms with E-state index in [1.165, 1.54) is 0 Å². The number of rotatable bonds is 6. The second-order valence-electron chi connectivity index (χ2n) is 3.65. The summed E-state index contributed by atoms with van der Waals surface area (Å²) in [4.78, 5) is 0. The summed E-state index contributed by atoms with van der Waals surface area (Å²) in [6.07, 6.45) is 0.216. The molecule has 90 valence electrons. The highest BCUT2D eigenvalue weighted by atomic mass is 35.5. The molecule has 3 nitrogen and oxygen atoms in total. The van der Waals surface area contributed by atoms with Gasteiger partial charge in [-0.3, -0.25) is 0 Å². The van der Waals surface area contributed by atoms with Crippen LogP contribution in [0.2, 0.25) is 5.02 Å². The second kappa shape index (κ2) is 6.74. The Labute approximate surface area is 102 Å². The van der Waals surface area contributed by atoms with Gasteiger partial charge in [0.05, 0.1) is 18.2 Å². The topological polar surface area (TPSA) is 30.5 Å². The van der Waals surface area contributed by atoms with E-state index >= 15 is 0 Å². The van der Waals surface area contributed by atoms with Crippen LogP contribution in [0.5, 0.6) is 5.75 Å². The summed E-state index contributed by atoms with van der Waals surface area (Å²) < 4.78 is 10.2. The summed E-state index contributed by atoms with van der Waals surface area (Å²) >= 11 is 6.02. The minimum absolute atomic E-state index is 0.216. The highest BCUT2D eigenvalue weighted by Crippen LogP contribution is 2.24. The van der Waals surface area contributed by atoms with Crippen LogP contribution < -0.4 is 10.1 Å². The van der Waals surface area contributed by atoms with Crippen LogP contribution >= 0.6 is 11.6 Å². The Kier molecular flexibility index (Phi) is 5.60. The van der Waals surface area contributed by atoms with Crippen molar-refractivity contribution in [3.05, 3.63) is 28.8 Å². The Morgan fingerprint density at radius 1 is 1.38 bits per heavy atom. The molecule has 0 aliphatic carbocycles. The molecule has 0 aliphatic rings. The fraction of sp³-hybridized carbons (Fsp3) is 0.500. The zero-order chi connectivity index (χ0) is 12.0. The van der Waals surface area contributed by atoms with Gasteiger partial charge >= 0.3 is 0 Å². The summed E-state index contributed by atoms with van der Waals surface area (Å²) in [5.41, 5.74) is 1.13. The highest BCUT2D eigenvalue weighted by molar-refractivity contribution is 6.32. The number of hydrogen-bond donors (Lipinski definition) is 1. The first-order valence-corrected chi connectivity index (χ1v) is 5.61. The predicted molar refractivity (Wildman–Crippen MR) is 66.2 cm³/mol. The lowest BCUT2D eigenvalue weighted by Gasteiger charge is -2.11. The predicted octanol–water partition coefficient (Wildman–Crippen LogP) is 2.47. The van der Waals surface area contributed by atoms with Crippen LogP contribution in [0.15, 0.2) is 18.2 Å². The third kappa shape index (κ3) is 4.00. The lowest BCUT2D eigenvalue weighted by atomic mass is 10.2. The molecule has 0 saturated heterocycles. The molecular weight excluding hydrogens is 226 g/mol. The van der Waals surface area contributed by atoms with Crippen molar-refractivity contribution >= 4 is 11.6 Å². The molecule has 0 bridgehead atoms. The summed E-state index contributed by atoms with van der Waals surface area (Å²) in [5, 5.41) is 3.93. The molecule has 0 saturated carbocycles. The van der Waals surface area contributed by atoms with Gasteiger partial charge in [-0.1, -0.05) is 17.7 Å². The SMILES string of the molecule is COc1ccc(CNCC(C)OC)cc1Cl. The Morgan fingerprint density at radius 3 is 2.69 bits per heavy atom. The van der Waals surface area contributed by atoms with E-state index in [0.29, 0.717) is 10.8 Å². The van der Waals surface area contributed by atoms with Gasteiger partial charge in [-0.2, -0.15) is 0 Å². The number of halogens is 1. The van der Waals surface area contributed by atoms with E-state index in [2.05, 4.69) is 5.32 Å². The van der Waals surface area contributed by atoms with E-state index in [1.807, 2.05) is 25.1 Å². The van der Waals surface area contributed by atoms with Gasteiger partial charge in [-0.25, -0.2) is 0 Å². The molecule has 1 rings (SSSR count). The molecule has 0 spiro atoms. The summed E-state index contributed by atoms with van der Waals surface area (Å²) in [6.45, 7) is 3.62. The summed E-state index contributed by atoms with van der Waals surface area (Å²) in [5.74, 6) is 0.704. The third-order valence-corrected chi connectivity index (χ3v) is 2.67. The van der Waals surface area contributed by atoms with Crippen LogP contribution in [0.4, 0.5) is 0 Å². The van der Waals surface area contributed by atoms with Crippen LogP contribution in [0.3, 0.4) is 0 Å². The molecule has 1 N–H and O–H groups in total. The Bertz CT molecular complexity index is 331. The zero-order valence-corrected chi connectivity index (χ0v) is 10.7. The first kappa shape index (κ1) is 13.3. The lowest BCUT2D eigenvalue weighted by molar-refractivity contribution is 0.117. The molecule has 0 fully saturated rings. The minimum atomic E-state index is 0.216. The highest BCUT2D eigenvalue weighted by Gasteiger charge is 2.02. The van der Waals surface area contributed by atoms with Crippen molar-refractivity contribution < 1.29 is 9.47 Å². The van der Waals surface area contributed by atoms with Crippen LogP contribution in [0, 0.1) is 0 Å². The molecule has 1 aromatic carbocycles. The molecule has 0 aliphatic heterocycles. The maximum atomic E-state index is 6.02. The molecule has 16 heavy (non-hydrogen) atoms. The first-order valence-electron chi connectivity index (χ1n) is 5.23. The Hall–Kier alpha value is -0.770. The molecule has 0 aromatic heterocycles. The normalized spacial score (nSPS) is 12.5. The van der Waals surface area contributed by atoms with Crippen molar-refractivity contribution in [1.29, 1.82) is 0 Å². The van der Waals surface area contributed by atoms with Gasteiger partial charge in [0, 0.05) is 20.2 Å². The van der Waals surface area contributed by atoms with Gasteiger partial charge in [0.2, 0.25) is 0 Å². The number of benzene rings is 1. The number of methoxy groups -OCH3 is 2. The van der Waals surface area contributed by atoms with Crippen LogP contribution in [-0.2, 0) is 11.3 Å². The zero-order valence-electron chi connectivity index (χ0n) is 9.92. The molecule has 1 atom stereocenters. The fourth-order valence-electron chi connectivity index (χ4n) is 1.32. The summed E-state index contributed by atoms with van der Waals surface area (Å²) in [6, 6.07) is 5.78. The van der Waals surface area contributed by atoms with Gasteiger partial charge < -0.3 is 14.8 Å². The standard InChI is InChI=1S/C12H18ClNO2/c1-9(15-2)7-14-8-10-4-5-12(16-3)11(13)6-10/h4-6,9,14H,7-8H2,1-3H3. The van der Waals surface area contributed by atoms with Gasteiger partial charge in [0.25, 0.3) is 0 Å². The number of hydrogen-bond acceptors (Lipinski definition) is 3. The van der Waals surface area contributed by atoms with Crippen LogP contribution in [0.25, 0.3) is 0 Å². The van der Waals surface area contributed by atoms with Crippen molar-refractivity contribution in [3.63, 3.8) is 0 Å². The van der Waals surface area contributed by atoms with Crippen molar-refractivity contribution in [2.45, 2.75) is 19.6 Å². The van der Waals surface area contributed by atoms with Gasteiger partial charge in [0.1, 0.15) is 5.75 Å².